The van der Waals surface area contributed by atoms with Crippen molar-refractivity contribution in [3.8, 4) is 39.7 Å². The molecular weight excluding hydrogens is 621 g/mol. The molecule has 0 amide bonds. The Balaban J connectivity index is 0.000000196. The predicted molar refractivity (Wildman–Crippen MR) is 138 cm³/mol. The maximum atomic E-state index is 8.82. The summed E-state index contributed by atoms with van der Waals surface area (Å²) in [6, 6.07) is 37.5. The molecule has 0 N–H and O–H groups in total. The Morgan fingerprint density at radius 3 is 2.11 bits per heavy atom. The zero-order valence-electron chi connectivity index (χ0n) is 19.4. The molecule has 0 atom stereocenters. The fraction of sp³-hybridized carbons (Fsp3) is 0.0323. The quantitative estimate of drug-likeness (QED) is 0.192. The standard InChI is InChI=1S/C17H12N.C14H8N3.Ir/c1-3-7-14(8-4-1)16-11-12-17(18-13-16)15-9-5-2-6-10-15;1-10-3-6-13(17-9-10)11-4-5-12(8-15)14(7-11)16-2;/h1-9,11-13H;3-6,9H,1H3;/q2*-1;. The van der Waals surface area contributed by atoms with Crippen LogP contribution in [0.2, 0.25) is 0 Å². The second-order valence-corrected chi connectivity index (χ2v) is 7.65. The first-order valence-electron chi connectivity index (χ1n) is 10.9. The van der Waals surface area contributed by atoms with Gasteiger partial charge < -0.3 is 9.97 Å². The zero-order chi connectivity index (χ0) is 24.5. The van der Waals surface area contributed by atoms with Gasteiger partial charge >= 0.3 is 0 Å². The fourth-order valence-corrected chi connectivity index (χ4v) is 3.34. The van der Waals surface area contributed by atoms with Gasteiger partial charge in [-0.2, -0.15) is 0 Å². The molecule has 36 heavy (non-hydrogen) atoms. The monoisotopic (exact) mass is 641 g/mol. The molecule has 1 radical (unpaired) electrons. The second-order valence-electron chi connectivity index (χ2n) is 7.65. The summed E-state index contributed by atoms with van der Waals surface area (Å²) in [4.78, 5) is 12.0. The predicted octanol–water partition coefficient (Wildman–Crippen LogP) is 7.49. The summed E-state index contributed by atoms with van der Waals surface area (Å²) in [6.45, 7) is 8.97. The Labute approximate surface area is 225 Å². The molecule has 0 unspecified atom stereocenters. The first-order valence-corrected chi connectivity index (χ1v) is 10.9. The van der Waals surface area contributed by atoms with Crippen LogP contribution in [-0.4, -0.2) is 9.97 Å². The van der Waals surface area contributed by atoms with E-state index in [-0.39, 0.29) is 25.8 Å². The van der Waals surface area contributed by atoms with Gasteiger partial charge in [-0.15, -0.1) is 59.7 Å². The molecule has 5 rings (SSSR count). The first kappa shape index (κ1) is 26.2. The van der Waals surface area contributed by atoms with Crippen molar-refractivity contribution in [1.82, 2.24) is 9.97 Å². The number of aryl methyl sites for hydroxylation is 1. The molecule has 0 bridgehead atoms. The third-order valence-electron chi connectivity index (χ3n) is 5.20. The molecule has 2 heterocycles. The topological polar surface area (TPSA) is 53.9 Å². The van der Waals surface area contributed by atoms with Crippen LogP contribution in [0.15, 0.2) is 103 Å². The summed E-state index contributed by atoms with van der Waals surface area (Å²) in [7, 11) is 0. The number of benzene rings is 3. The van der Waals surface area contributed by atoms with Crippen LogP contribution in [0.5, 0.6) is 0 Å². The average Bonchev–Trinajstić information content (AvgIpc) is 2.94. The molecule has 2 aromatic heterocycles. The molecule has 0 saturated carbocycles. The summed E-state index contributed by atoms with van der Waals surface area (Å²) in [5.41, 5.74) is 7.45. The molecule has 0 aliphatic carbocycles. The van der Waals surface area contributed by atoms with Gasteiger partial charge in [0.15, 0.2) is 0 Å². The van der Waals surface area contributed by atoms with E-state index in [9.17, 15) is 0 Å². The molecule has 5 heteroatoms. The van der Waals surface area contributed by atoms with Crippen molar-refractivity contribution in [3.63, 3.8) is 0 Å². The van der Waals surface area contributed by atoms with E-state index in [4.69, 9.17) is 11.8 Å². The summed E-state index contributed by atoms with van der Waals surface area (Å²) in [6.07, 6.45) is 3.67. The van der Waals surface area contributed by atoms with Crippen molar-refractivity contribution in [1.29, 1.82) is 5.26 Å². The summed E-state index contributed by atoms with van der Waals surface area (Å²) < 4.78 is 0. The van der Waals surface area contributed by atoms with E-state index in [0.29, 0.717) is 5.56 Å². The third kappa shape index (κ3) is 6.59. The van der Waals surface area contributed by atoms with Crippen molar-refractivity contribution < 1.29 is 20.1 Å². The Bertz CT molecular complexity index is 1430. The van der Waals surface area contributed by atoms with Crippen LogP contribution in [0.3, 0.4) is 0 Å². The van der Waals surface area contributed by atoms with Crippen LogP contribution >= 0.6 is 0 Å². The molecule has 0 saturated heterocycles. The van der Waals surface area contributed by atoms with Crippen LogP contribution in [-0.2, 0) is 20.1 Å². The van der Waals surface area contributed by atoms with Gasteiger partial charge in [0.05, 0.1) is 6.57 Å². The Hall–Kier alpha value is -4.41. The van der Waals surface area contributed by atoms with E-state index < -0.39 is 0 Å². The third-order valence-corrected chi connectivity index (χ3v) is 5.20. The maximum absolute atomic E-state index is 8.82. The molecule has 5 aromatic rings. The van der Waals surface area contributed by atoms with E-state index >= 15 is 0 Å². The minimum atomic E-state index is 0. The molecule has 175 valence electrons. The van der Waals surface area contributed by atoms with E-state index in [1.807, 2.05) is 79.9 Å². The molecule has 4 nitrogen and oxygen atoms in total. The molecule has 0 aliphatic rings. The van der Waals surface area contributed by atoms with E-state index in [1.165, 1.54) is 5.56 Å². The van der Waals surface area contributed by atoms with Crippen molar-refractivity contribution in [3.05, 3.63) is 138 Å². The zero-order valence-corrected chi connectivity index (χ0v) is 21.8. The van der Waals surface area contributed by atoms with Gasteiger partial charge in [0.1, 0.15) is 5.69 Å². The van der Waals surface area contributed by atoms with Crippen molar-refractivity contribution >= 4 is 5.69 Å². The SMILES string of the molecule is [C-]#[N+]c1[c-]c(-c2ccc(C)cn2)ccc1C#N.[Ir].[c-]1ccccc1-c1ccc(-c2ccccc2)cn1. The number of hydrogen-bond donors (Lipinski definition) is 0. The van der Waals surface area contributed by atoms with Crippen LogP contribution in [0.1, 0.15) is 11.1 Å². The number of pyridine rings is 2. The largest absolute Gasteiger partial charge is 0.305 e. The van der Waals surface area contributed by atoms with Gasteiger partial charge in [0, 0.05) is 38.6 Å². The molecule has 0 fully saturated rings. The fourth-order valence-electron chi connectivity index (χ4n) is 3.34. The smallest absolute Gasteiger partial charge is 0.123 e. The summed E-state index contributed by atoms with van der Waals surface area (Å²) >= 11 is 0. The Morgan fingerprint density at radius 1 is 0.778 bits per heavy atom. The van der Waals surface area contributed by atoms with Gasteiger partial charge in [-0.05, 0) is 40.6 Å². The number of hydrogen-bond acceptors (Lipinski definition) is 3. The second kappa shape index (κ2) is 12.9. The number of aromatic nitrogens is 2. The average molecular weight is 641 g/mol. The van der Waals surface area contributed by atoms with Crippen LogP contribution in [0.25, 0.3) is 38.5 Å². The van der Waals surface area contributed by atoms with Gasteiger partial charge in [-0.3, -0.25) is 4.85 Å². The van der Waals surface area contributed by atoms with Gasteiger partial charge in [-0.1, -0.05) is 54.6 Å². The van der Waals surface area contributed by atoms with Crippen molar-refractivity contribution in [2.24, 2.45) is 0 Å². The van der Waals surface area contributed by atoms with Crippen LogP contribution in [0, 0.1) is 37.0 Å². The number of nitrogens with zero attached hydrogens (tertiary/aromatic N) is 4. The van der Waals surface area contributed by atoms with E-state index in [2.05, 4.69) is 45.1 Å². The molecule has 3 aromatic carbocycles. The Morgan fingerprint density at radius 2 is 1.50 bits per heavy atom. The van der Waals surface area contributed by atoms with Gasteiger partial charge in [0.2, 0.25) is 0 Å². The minimum absolute atomic E-state index is 0. The first-order chi connectivity index (χ1) is 17.2. The van der Waals surface area contributed by atoms with E-state index in [1.54, 1.807) is 18.3 Å². The van der Waals surface area contributed by atoms with Crippen LogP contribution < -0.4 is 0 Å². The van der Waals surface area contributed by atoms with E-state index in [0.717, 1.165) is 33.6 Å². The summed E-state index contributed by atoms with van der Waals surface area (Å²) in [5.74, 6) is 0. The molecular formula is C31H20IrN4-2. The number of nitriles is 1. The number of rotatable bonds is 3. The van der Waals surface area contributed by atoms with Crippen LogP contribution in [0.4, 0.5) is 5.69 Å². The van der Waals surface area contributed by atoms with Crippen molar-refractivity contribution in [2.75, 3.05) is 0 Å². The molecule has 0 spiro atoms. The van der Waals surface area contributed by atoms with Crippen molar-refractivity contribution in [2.45, 2.75) is 6.92 Å². The van der Waals surface area contributed by atoms with Gasteiger partial charge in [-0.25, -0.2) is 5.26 Å². The normalized spacial score (nSPS) is 9.53. The molecule has 0 aliphatic heterocycles. The minimum Gasteiger partial charge on any atom is -0.305 e. The van der Waals surface area contributed by atoms with Gasteiger partial charge in [0.25, 0.3) is 0 Å². The summed E-state index contributed by atoms with van der Waals surface area (Å²) in [5, 5.41) is 8.82. The Kier molecular flexibility index (Phi) is 9.38. The maximum Gasteiger partial charge on any atom is 0.123 e.